The van der Waals surface area contributed by atoms with Crippen LogP contribution in [0.1, 0.15) is 36.1 Å². The van der Waals surface area contributed by atoms with Gasteiger partial charge in [0.05, 0.1) is 32.0 Å². The minimum absolute atomic E-state index is 0.0387. The fraction of sp³-hybridized carbons (Fsp3) is 0.486. The third kappa shape index (κ3) is 12.0. The lowest BCUT2D eigenvalue weighted by molar-refractivity contribution is -0.679. The number of amides is 6. The zero-order valence-electron chi connectivity index (χ0n) is 30.0. The van der Waals surface area contributed by atoms with Gasteiger partial charge in [0, 0.05) is 70.6 Å². The van der Waals surface area contributed by atoms with Crippen LogP contribution in [0.25, 0.3) is 0 Å². The monoisotopic (exact) mass is 719 g/mol. The molecule has 2 bridgehead atoms. The van der Waals surface area contributed by atoms with Gasteiger partial charge in [-0.1, -0.05) is 30.3 Å². The summed E-state index contributed by atoms with van der Waals surface area (Å²) in [7, 11) is 3.52. The number of fused-ring (bicyclic) bond motifs is 3. The van der Waals surface area contributed by atoms with Crippen LogP contribution in [-0.2, 0) is 59.9 Å². The van der Waals surface area contributed by atoms with Crippen molar-refractivity contribution >= 4 is 35.4 Å². The van der Waals surface area contributed by atoms with Gasteiger partial charge < -0.3 is 41.5 Å². The smallest absolute Gasteiger partial charge is 0.246 e. The van der Waals surface area contributed by atoms with E-state index in [9.17, 15) is 28.8 Å². The van der Waals surface area contributed by atoms with Crippen molar-refractivity contribution in [1.82, 2.24) is 31.1 Å². The number of benzene rings is 1. The summed E-state index contributed by atoms with van der Waals surface area (Å²) in [5.74, 6) is -3.03. The van der Waals surface area contributed by atoms with Gasteiger partial charge in [0.1, 0.15) is 19.1 Å². The molecule has 15 heteroatoms. The third-order valence-corrected chi connectivity index (χ3v) is 9.12. The van der Waals surface area contributed by atoms with Crippen molar-refractivity contribution < 1.29 is 38.1 Å². The highest BCUT2D eigenvalue weighted by atomic mass is 16.5. The summed E-state index contributed by atoms with van der Waals surface area (Å²) < 4.78 is 7.22. The first-order valence-electron chi connectivity index (χ1n) is 17.7. The number of nitrogens with zero attached hydrogens (tertiary/aromatic N) is 3. The van der Waals surface area contributed by atoms with Gasteiger partial charge in [0.2, 0.25) is 35.4 Å². The Kier molecular flexibility index (Phi) is 15.3. The lowest BCUT2D eigenvalue weighted by Gasteiger charge is -2.32. The molecule has 4 rings (SSSR count). The van der Waals surface area contributed by atoms with Crippen molar-refractivity contribution in [2.45, 2.75) is 50.7 Å². The summed E-state index contributed by atoms with van der Waals surface area (Å²) in [6.07, 6.45) is 5.50. The van der Waals surface area contributed by atoms with E-state index in [0.29, 0.717) is 38.1 Å². The molecule has 0 saturated carbocycles. The van der Waals surface area contributed by atoms with E-state index in [1.807, 2.05) is 48.1 Å². The second kappa shape index (κ2) is 20.0. The Morgan fingerprint density at radius 1 is 1.00 bits per heavy atom. The number of pyridine rings is 1. The van der Waals surface area contributed by atoms with Gasteiger partial charge in [-0.05, 0) is 30.4 Å². The molecule has 2 aliphatic rings. The Hall–Kier alpha value is -5.15. The molecule has 1 fully saturated rings. The van der Waals surface area contributed by atoms with E-state index < -0.39 is 41.6 Å². The number of likely N-dealkylation sites (N-methyl/N-ethyl adjacent to an activating group) is 1. The first-order chi connectivity index (χ1) is 25.0. The highest BCUT2D eigenvalue weighted by molar-refractivity contribution is 5.97. The van der Waals surface area contributed by atoms with Crippen LogP contribution >= 0.6 is 0 Å². The molecule has 280 valence electrons. The molecule has 1 aromatic carbocycles. The number of hydrogen-bond acceptors (Lipinski definition) is 8. The summed E-state index contributed by atoms with van der Waals surface area (Å²) in [5, 5.41) is 11.2. The molecule has 0 aliphatic carbocycles. The number of piperidine rings is 1. The molecular formula is C37H51N8O7+. The molecule has 2 aliphatic heterocycles. The minimum atomic E-state index is -0.976. The fourth-order valence-electron chi connectivity index (χ4n) is 6.24. The van der Waals surface area contributed by atoms with E-state index in [4.69, 9.17) is 10.5 Å². The van der Waals surface area contributed by atoms with E-state index in [2.05, 4.69) is 21.3 Å². The molecule has 0 spiro atoms. The van der Waals surface area contributed by atoms with Crippen molar-refractivity contribution in [2.24, 2.45) is 18.7 Å². The lowest BCUT2D eigenvalue weighted by atomic mass is 9.96. The van der Waals surface area contributed by atoms with Crippen LogP contribution in [0.3, 0.4) is 0 Å². The van der Waals surface area contributed by atoms with Crippen molar-refractivity contribution in [3.8, 4) is 0 Å². The summed E-state index contributed by atoms with van der Waals surface area (Å²) in [6, 6.07) is 11.0. The first kappa shape index (κ1) is 39.6. The maximum Gasteiger partial charge on any atom is 0.246 e. The number of hydrogen-bond donors (Lipinski definition) is 5. The number of rotatable bonds is 8. The Balaban J connectivity index is 1.60. The highest BCUT2D eigenvalue weighted by Crippen LogP contribution is 2.19. The van der Waals surface area contributed by atoms with Crippen LogP contribution in [0.4, 0.5) is 0 Å². The van der Waals surface area contributed by atoms with Gasteiger partial charge in [0.25, 0.3) is 0 Å². The number of nitrogens with two attached hydrogens (primary N) is 1. The van der Waals surface area contributed by atoms with Crippen LogP contribution in [-0.4, -0.2) is 110 Å². The average Bonchev–Trinajstić information content (AvgIpc) is 3.13. The Morgan fingerprint density at radius 2 is 1.77 bits per heavy atom. The molecule has 6 amide bonds. The molecule has 6 N–H and O–H groups in total. The van der Waals surface area contributed by atoms with E-state index in [-0.39, 0.29) is 63.9 Å². The van der Waals surface area contributed by atoms with Crippen LogP contribution in [0, 0.1) is 5.92 Å². The fourth-order valence-corrected chi connectivity index (χ4v) is 6.24. The maximum absolute atomic E-state index is 14.1. The normalized spacial score (nSPS) is 21.8. The van der Waals surface area contributed by atoms with Crippen LogP contribution in [0.15, 0.2) is 60.8 Å². The minimum Gasteiger partial charge on any atom is -0.378 e. The zero-order chi connectivity index (χ0) is 37.5. The molecule has 52 heavy (non-hydrogen) atoms. The van der Waals surface area contributed by atoms with Gasteiger partial charge in [-0.3, -0.25) is 28.8 Å². The predicted octanol–water partition coefficient (Wildman–Crippen LogP) is -1.37. The molecule has 3 atom stereocenters. The quantitative estimate of drug-likeness (QED) is 0.163. The van der Waals surface area contributed by atoms with Crippen LogP contribution in [0.5, 0.6) is 0 Å². The summed E-state index contributed by atoms with van der Waals surface area (Å²) in [5.41, 5.74) is 7.67. The van der Waals surface area contributed by atoms with E-state index in [1.54, 1.807) is 19.2 Å². The number of carbonyl (C=O) groups excluding carboxylic acids is 6. The van der Waals surface area contributed by atoms with Gasteiger partial charge in [-0.2, -0.15) is 0 Å². The zero-order valence-corrected chi connectivity index (χ0v) is 30.0. The largest absolute Gasteiger partial charge is 0.378 e. The highest BCUT2D eigenvalue weighted by Gasteiger charge is 2.33. The SMILES string of the molecule is CN1Cc2ccccc2CC(=O)N[C@H](C(=O)NCCOCCN)CCNC(=O)/C=C/C(=O)N2CCC[C@H](C2)C(=O)N[C@@H](Cc2cccc[n+]2C)C1=O. The van der Waals surface area contributed by atoms with Crippen molar-refractivity contribution in [2.75, 3.05) is 53.0 Å². The molecule has 1 aromatic heterocycles. The van der Waals surface area contributed by atoms with Gasteiger partial charge in [-0.15, -0.1) is 0 Å². The van der Waals surface area contributed by atoms with Gasteiger partial charge in [0.15, 0.2) is 11.9 Å². The predicted molar refractivity (Wildman–Crippen MR) is 191 cm³/mol. The third-order valence-electron chi connectivity index (χ3n) is 9.12. The molecular weight excluding hydrogens is 668 g/mol. The summed E-state index contributed by atoms with van der Waals surface area (Å²) in [6.45, 7) is 1.90. The second-order valence-electron chi connectivity index (χ2n) is 13.1. The molecule has 1 saturated heterocycles. The number of nitrogens with one attached hydrogen (secondary N) is 4. The lowest BCUT2D eigenvalue weighted by Crippen LogP contribution is -2.53. The maximum atomic E-state index is 14.1. The number of aryl methyl sites for hydroxylation is 1. The Bertz CT molecular complexity index is 1620. The summed E-state index contributed by atoms with van der Waals surface area (Å²) in [4.78, 5) is 83.0. The Labute approximate surface area is 304 Å². The van der Waals surface area contributed by atoms with Crippen LogP contribution in [0.2, 0.25) is 0 Å². The van der Waals surface area contributed by atoms with Gasteiger partial charge >= 0.3 is 0 Å². The molecule has 2 aromatic rings. The second-order valence-corrected chi connectivity index (χ2v) is 13.1. The Morgan fingerprint density at radius 3 is 2.54 bits per heavy atom. The van der Waals surface area contributed by atoms with Crippen molar-refractivity contribution in [3.05, 3.63) is 77.6 Å². The number of aromatic nitrogens is 1. The van der Waals surface area contributed by atoms with E-state index in [1.165, 1.54) is 9.80 Å². The topological polar surface area (TPSA) is 196 Å². The van der Waals surface area contributed by atoms with Crippen molar-refractivity contribution in [3.63, 3.8) is 0 Å². The summed E-state index contributed by atoms with van der Waals surface area (Å²) >= 11 is 0. The number of carbonyl (C=O) groups is 6. The van der Waals surface area contributed by atoms with Crippen LogP contribution < -0.4 is 31.6 Å². The van der Waals surface area contributed by atoms with Gasteiger partial charge in [-0.25, -0.2) is 4.57 Å². The average molecular weight is 720 g/mol. The first-order valence-corrected chi connectivity index (χ1v) is 17.7. The molecule has 3 heterocycles. The number of ether oxygens (including phenoxy) is 1. The van der Waals surface area contributed by atoms with E-state index >= 15 is 0 Å². The van der Waals surface area contributed by atoms with E-state index in [0.717, 1.165) is 23.4 Å². The van der Waals surface area contributed by atoms with Crippen molar-refractivity contribution in [1.29, 1.82) is 0 Å². The molecule has 0 unspecified atom stereocenters. The molecule has 15 nitrogen and oxygen atoms in total. The molecule has 0 radical (unpaired) electrons. The standard InChI is InChI=1S/C37H50N8O7/c1-43-18-6-5-11-29(43)23-31-37(51)44(2)24-27-9-4-3-8-26(27)22-33(47)41-30(36(50)40-17-21-52-20-15-38)14-16-39-32(46)12-13-34(48)45-19-7-10-28(25-45)35(49)42-31/h3-6,8-9,11-13,18,28,30-31H,7,10,14-17,19-25,38H2,1-2H3,(H3-,39,40,41,42,46,47,49,50)/p+1/b13-12+/t28-,30+,31+/m1/s1.